The molecule has 28 heavy (non-hydrogen) atoms. The van der Waals surface area contributed by atoms with Gasteiger partial charge in [0.15, 0.2) is 11.6 Å². The smallest absolute Gasteiger partial charge is 0.256 e. The Morgan fingerprint density at radius 3 is 3.11 bits per heavy atom. The van der Waals surface area contributed by atoms with Gasteiger partial charge < -0.3 is 20.5 Å². The van der Waals surface area contributed by atoms with E-state index in [4.69, 9.17) is 9.84 Å². The van der Waals surface area contributed by atoms with Gasteiger partial charge in [-0.3, -0.25) is 0 Å². The molecule has 0 aromatic carbocycles. The van der Waals surface area contributed by atoms with Gasteiger partial charge in [-0.15, -0.1) is 0 Å². The van der Waals surface area contributed by atoms with Crippen LogP contribution in [0.2, 0.25) is 0 Å². The number of aliphatic hydroxyl groups is 1. The summed E-state index contributed by atoms with van der Waals surface area (Å²) in [6.45, 7) is 1.85. The summed E-state index contributed by atoms with van der Waals surface area (Å²) < 4.78 is 22.2. The second-order valence-corrected chi connectivity index (χ2v) is 6.72. The zero-order valence-electron chi connectivity index (χ0n) is 15.4. The van der Waals surface area contributed by atoms with Gasteiger partial charge in [-0.25, -0.2) is 9.50 Å². The summed E-state index contributed by atoms with van der Waals surface area (Å²) in [4.78, 5) is 8.73. The monoisotopic (exact) mass is 386 g/mol. The van der Waals surface area contributed by atoms with Crippen LogP contribution in [-0.4, -0.2) is 57.0 Å². The molecule has 1 fully saturated rings. The third-order valence-corrected chi connectivity index (χ3v) is 4.67. The Hall–Kier alpha value is -2.78. The molecular formula is C19H23FN6O2. The van der Waals surface area contributed by atoms with Crippen LogP contribution >= 0.6 is 0 Å². The van der Waals surface area contributed by atoms with E-state index in [1.807, 2.05) is 24.4 Å². The minimum atomic E-state index is -0.622. The molecule has 0 spiro atoms. The summed E-state index contributed by atoms with van der Waals surface area (Å²) in [6.07, 6.45) is 5.83. The first-order chi connectivity index (χ1) is 13.8. The van der Waals surface area contributed by atoms with Crippen molar-refractivity contribution >= 4 is 11.3 Å². The first-order valence-electron chi connectivity index (χ1n) is 9.47. The third kappa shape index (κ3) is 3.90. The maximum atomic E-state index is 15.0. The molecule has 4 heterocycles. The van der Waals surface area contributed by atoms with Crippen molar-refractivity contribution in [1.29, 1.82) is 0 Å². The highest BCUT2D eigenvalue weighted by molar-refractivity contribution is 5.76. The van der Waals surface area contributed by atoms with E-state index in [-0.39, 0.29) is 31.0 Å². The molecule has 3 aromatic rings. The fourth-order valence-electron chi connectivity index (χ4n) is 3.25. The molecule has 0 saturated carbocycles. The molecule has 0 radical (unpaired) electrons. The lowest BCUT2D eigenvalue weighted by Crippen LogP contribution is -2.38. The number of nitrogens with one attached hydrogen (secondary N) is 2. The van der Waals surface area contributed by atoms with Crippen LogP contribution in [0.15, 0.2) is 30.6 Å². The quantitative estimate of drug-likeness (QED) is 0.533. The van der Waals surface area contributed by atoms with Crippen molar-refractivity contribution in [2.75, 3.05) is 31.6 Å². The number of piperidine rings is 1. The van der Waals surface area contributed by atoms with Crippen molar-refractivity contribution in [3.05, 3.63) is 36.4 Å². The zero-order chi connectivity index (χ0) is 19.3. The number of aromatic nitrogens is 4. The van der Waals surface area contributed by atoms with Gasteiger partial charge >= 0.3 is 0 Å². The number of anilines is 1. The normalized spacial score (nSPS) is 17.0. The Kier molecular flexibility index (Phi) is 5.63. The van der Waals surface area contributed by atoms with E-state index in [0.29, 0.717) is 17.8 Å². The summed E-state index contributed by atoms with van der Waals surface area (Å²) in [5, 5.41) is 19.8. The van der Waals surface area contributed by atoms with E-state index in [9.17, 15) is 4.39 Å². The van der Waals surface area contributed by atoms with Gasteiger partial charge in [0.25, 0.3) is 5.88 Å². The second kappa shape index (κ2) is 8.49. The number of hydrogen-bond donors (Lipinski definition) is 3. The number of fused-ring (bicyclic) bond motifs is 1. The second-order valence-electron chi connectivity index (χ2n) is 6.72. The highest BCUT2D eigenvalue weighted by Gasteiger charge is 2.22. The first kappa shape index (κ1) is 18.6. The predicted octanol–water partition coefficient (Wildman–Crippen LogP) is 1.86. The molecule has 3 N–H and O–H groups in total. The molecule has 0 unspecified atom stereocenters. The molecule has 3 aromatic heterocycles. The van der Waals surface area contributed by atoms with Crippen LogP contribution < -0.4 is 15.4 Å². The lowest BCUT2D eigenvalue weighted by atomic mass is 10.1. The molecule has 0 aliphatic carbocycles. The Labute approximate surface area is 161 Å². The van der Waals surface area contributed by atoms with Crippen molar-refractivity contribution in [3.63, 3.8) is 0 Å². The number of aliphatic hydroxyl groups excluding tert-OH is 1. The summed E-state index contributed by atoms with van der Waals surface area (Å²) in [6, 6.07) is 5.76. The molecule has 1 aliphatic heterocycles. The maximum Gasteiger partial charge on any atom is 0.256 e. The highest BCUT2D eigenvalue weighted by atomic mass is 19.1. The van der Waals surface area contributed by atoms with E-state index >= 15 is 0 Å². The molecule has 8 nitrogen and oxygen atoms in total. The van der Waals surface area contributed by atoms with Crippen molar-refractivity contribution in [2.24, 2.45) is 0 Å². The Morgan fingerprint density at radius 1 is 1.36 bits per heavy atom. The molecule has 148 valence electrons. The fourth-order valence-corrected chi connectivity index (χ4v) is 3.25. The summed E-state index contributed by atoms with van der Waals surface area (Å²) in [7, 11) is 0. The fraction of sp³-hybridized carbons (Fsp3) is 0.421. The summed E-state index contributed by atoms with van der Waals surface area (Å²) >= 11 is 0. The van der Waals surface area contributed by atoms with Crippen LogP contribution in [0.25, 0.3) is 16.9 Å². The minimum absolute atomic E-state index is 0.0353. The Bertz CT molecular complexity index is 941. The number of ether oxygens (including phenoxy) is 1. The molecule has 1 atom stereocenters. The van der Waals surface area contributed by atoms with Gasteiger partial charge in [-0.1, -0.05) is 6.07 Å². The molecule has 1 aliphatic rings. The molecular weight excluding hydrogens is 363 g/mol. The topological polar surface area (TPSA) is 96.6 Å². The van der Waals surface area contributed by atoms with Gasteiger partial charge in [0, 0.05) is 31.8 Å². The van der Waals surface area contributed by atoms with E-state index in [1.165, 1.54) is 0 Å². The number of nitrogens with zero attached hydrogens (tertiary/aromatic N) is 4. The molecule has 9 heteroatoms. The van der Waals surface area contributed by atoms with Gasteiger partial charge in [-0.2, -0.15) is 14.5 Å². The highest BCUT2D eigenvalue weighted by Crippen LogP contribution is 2.29. The molecule has 1 saturated heterocycles. The molecule has 4 rings (SSSR count). The Balaban J connectivity index is 1.72. The molecule has 0 amide bonds. The largest absolute Gasteiger partial charge is 0.475 e. The standard InChI is InChI=1S/C19H23FN6O2/c20-16-18(23-13-5-3-7-21-11-13)24-17(25-19(16)28-10-4-9-27)14-12-22-26-8-2-1-6-15(14)26/h1-2,6,8,12-13,21,27H,3-5,7,9-11H2,(H,23,24,25)/t13-/m1/s1. The van der Waals surface area contributed by atoms with Crippen LogP contribution in [0.3, 0.4) is 0 Å². The SMILES string of the molecule is OCCCOc1nc(-c2cnn3ccccc23)nc(N[C@@H]2CCCNC2)c1F. The van der Waals surface area contributed by atoms with Crippen molar-refractivity contribution < 1.29 is 14.2 Å². The van der Waals surface area contributed by atoms with E-state index in [2.05, 4.69) is 25.7 Å². The average molecular weight is 386 g/mol. The van der Waals surface area contributed by atoms with E-state index < -0.39 is 5.82 Å². The van der Waals surface area contributed by atoms with Crippen LogP contribution in [0.1, 0.15) is 19.3 Å². The lowest BCUT2D eigenvalue weighted by Gasteiger charge is -2.24. The summed E-state index contributed by atoms with van der Waals surface area (Å²) in [5.41, 5.74) is 1.51. The van der Waals surface area contributed by atoms with Crippen LogP contribution in [0.4, 0.5) is 10.2 Å². The minimum Gasteiger partial charge on any atom is -0.475 e. The van der Waals surface area contributed by atoms with Crippen molar-refractivity contribution in [3.8, 4) is 17.3 Å². The molecule has 0 bridgehead atoms. The lowest BCUT2D eigenvalue weighted by molar-refractivity contribution is 0.223. The Morgan fingerprint density at radius 2 is 2.29 bits per heavy atom. The average Bonchev–Trinajstić information content (AvgIpc) is 3.16. The van der Waals surface area contributed by atoms with E-state index in [0.717, 1.165) is 31.4 Å². The first-order valence-corrected chi connectivity index (χ1v) is 9.47. The van der Waals surface area contributed by atoms with Crippen molar-refractivity contribution in [1.82, 2.24) is 24.9 Å². The summed E-state index contributed by atoms with van der Waals surface area (Å²) in [5.74, 6) is -0.287. The number of hydrogen-bond acceptors (Lipinski definition) is 7. The number of halogens is 1. The number of rotatable bonds is 7. The van der Waals surface area contributed by atoms with Gasteiger partial charge in [0.05, 0.1) is 23.9 Å². The van der Waals surface area contributed by atoms with Gasteiger partial charge in [0.2, 0.25) is 5.82 Å². The van der Waals surface area contributed by atoms with Crippen LogP contribution in [-0.2, 0) is 0 Å². The van der Waals surface area contributed by atoms with Crippen molar-refractivity contribution in [2.45, 2.75) is 25.3 Å². The van der Waals surface area contributed by atoms with Crippen LogP contribution in [0.5, 0.6) is 5.88 Å². The third-order valence-electron chi connectivity index (χ3n) is 4.67. The van der Waals surface area contributed by atoms with Gasteiger partial charge in [0.1, 0.15) is 0 Å². The van der Waals surface area contributed by atoms with Crippen LogP contribution in [0, 0.1) is 5.82 Å². The predicted molar refractivity (Wildman–Crippen MR) is 103 cm³/mol. The maximum absolute atomic E-state index is 15.0. The number of pyridine rings is 1. The zero-order valence-corrected chi connectivity index (χ0v) is 15.4. The van der Waals surface area contributed by atoms with Gasteiger partial charge in [-0.05, 0) is 31.5 Å². The van der Waals surface area contributed by atoms with E-state index in [1.54, 1.807) is 10.7 Å².